The van der Waals surface area contributed by atoms with E-state index in [9.17, 15) is 4.79 Å². The summed E-state index contributed by atoms with van der Waals surface area (Å²) in [7, 11) is 0. The maximum atomic E-state index is 12.7. The monoisotopic (exact) mass is 252 g/mol. The van der Waals surface area contributed by atoms with Gasteiger partial charge in [0.2, 0.25) is 0 Å². The highest BCUT2D eigenvalue weighted by molar-refractivity contribution is 6.06. The molecule has 0 aromatic rings. The zero-order valence-corrected chi connectivity index (χ0v) is 11.6. The normalized spacial score (nSPS) is 28.8. The Hall–Kier alpha value is -1.63. The van der Waals surface area contributed by atoms with Gasteiger partial charge in [-0.25, -0.2) is 0 Å². The molecule has 0 radical (unpaired) electrons. The van der Waals surface area contributed by atoms with Gasteiger partial charge in [-0.3, -0.25) is 4.79 Å². The molecule has 2 atom stereocenters. The van der Waals surface area contributed by atoms with Gasteiger partial charge in [0.05, 0.1) is 0 Å². The van der Waals surface area contributed by atoms with Crippen molar-refractivity contribution >= 4 is 5.78 Å². The van der Waals surface area contributed by atoms with E-state index in [1.807, 2.05) is 0 Å². The predicted octanol–water partition coefficient (Wildman–Crippen LogP) is 4.30. The van der Waals surface area contributed by atoms with Gasteiger partial charge in [0.25, 0.3) is 0 Å². The maximum Gasteiger partial charge on any atom is 0.167 e. The van der Waals surface area contributed by atoms with E-state index >= 15 is 0 Å². The van der Waals surface area contributed by atoms with Crippen LogP contribution < -0.4 is 0 Å². The summed E-state index contributed by atoms with van der Waals surface area (Å²) in [4.78, 5) is 12.7. The zero-order valence-electron chi connectivity index (χ0n) is 11.6. The van der Waals surface area contributed by atoms with Gasteiger partial charge < -0.3 is 0 Å². The second-order valence-electron chi connectivity index (χ2n) is 5.55. The second-order valence-corrected chi connectivity index (χ2v) is 5.55. The molecule has 0 aromatic heterocycles. The summed E-state index contributed by atoms with van der Waals surface area (Å²) in [5, 5.41) is 0. The zero-order chi connectivity index (χ0) is 13.4. The minimum Gasteiger partial charge on any atom is -0.294 e. The Morgan fingerprint density at radius 1 is 1.05 bits per heavy atom. The van der Waals surface area contributed by atoms with Gasteiger partial charge in [0.1, 0.15) is 0 Å². The van der Waals surface area contributed by atoms with E-state index in [0.29, 0.717) is 11.7 Å². The van der Waals surface area contributed by atoms with Crippen molar-refractivity contribution in [2.75, 3.05) is 0 Å². The molecular weight excluding hydrogens is 232 g/mol. The summed E-state index contributed by atoms with van der Waals surface area (Å²) in [5.74, 6) is 0.977. The summed E-state index contributed by atoms with van der Waals surface area (Å²) in [6.45, 7) is 4.33. The number of ketones is 1. The van der Waals surface area contributed by atoms with Gasteiger partial charge in [-0.2, -0.15) is 0 Å². The summed E-state index contributed by atoms with van der Waals surface area (Å²) < 4.78 is 0. The largest absolute Gasteiger partial charge is 0.294 e. The first kappa shape index (κ1) is 12.4. The molecule has 0 heterocycles. The minimum atomic E-state index is 0.193. The molecule has 0 aliphatic heterocycles. The summed E-state index contributed by atoms with van der Waals surface area (Å²) in [5.41, 5.74) is 4.80. The molecule has 2 bridgehead atoms. The SMILES string of the molecule is CCC1C(=O)C2=C(C=CC3=CC=CC=C2C3)C1CC. The second kappa shape index (κ2) is 4.80. The minimum absolute atomic E-state index is 0.193. The lowest BCUT2D eigenvalue weighted by molar-refractivity contribution is -0.119. The van der Waals surface area contributed by atoms with Crippen molar-refractivity contribution in [3.63, 3.8) is 0 Å². The van der Waals surface area contributed by atoms with Crippen LogP contribution in [0.25, 0.3) is 0 Å². The first-order chi connectivity index (χ1) is 9.26. The number of carbonyl (C=O) groups is 1. The molecule has 1 heteroatoms. The smallest absolute Gasteiger partial charge is 0.167 e. The third-order valence-electron chi connectivity index (χ3n) is 4.55. The fourth-order valence-corrected chi connectivity index (χ4v) is 3.61. The first-order valence-electron chi connectivity index (χ1n) is 7.29. The topological polar surface area (TPSA) is 17.1 Å². The van der Waals surface area contributed by atoms with Crippen molar-refractivity contribution in [3.8, 4) is 0 Å². The van der Waals surface area contributed by atoms with Gasteiger partial charge >= 0.3 is 0 Å². The molecule has 0 amide bonds. The van der Waals surface area contributed by atoms with Crippen LogP contribution in [0.3, 0.4) is 0 Å². The summed E-state index contributed by atoms with van der Waals surface area (Å²) in [6.07, 6.45) is 15.7. The van der Waals surface area contributed by atoms with E-state index in [1.165, 1.54) is 16.7 Å². The lowest BCUT2D eigenvalue weighted by Gasteiger charge is -2.17. The Morgan fingerprint density at radius 3 is 2.53 bits per heavy atom. The van der Waals surface area contributed by atoms with Crippen LogP contribution in [-0.2, 0) is 4.79 Å². The standard InChI is InChI=1S/C18H20O/c1-3-14-15(4-2)18(19)17-13-8-6-5-7-12(11-13)9-10-16(14)17/h5-10,14-15H,3-4,11H2,1-2H3. The number of rotatable bonds is 2. The van der Waals surface area contributed by atoms with E-state index < -0.39 is 0 Å². The molecule has 3 aliphatic carbocycles. The van der Waals surface area contributed by atoms with Gasteiger partial charge in [0.15, 0.2) is 5.78 Å². The van der Waals surface area contributed by atoms with Crippen LogP contribution in [0.2, 0.25) is 0 Å². The molecule has 3 rings (SSSR count). The Kier molecular flexibility index (Phi) is 3.14. The van der Waals surface area contributed by atoms with E-state index in [1.54, 1.807) is 0 Å². The lowest BCUT2D eigenvalue weighted by atomic mass is 9.86. The average Bonchev–Trinajstić information content (AvgIpc) is 2.61. The number of allylic oxidation sites excluding steroid dienone is 10. The molecular formula is C18H20O. The van der Waals surface area contributed by atoms with Crippen LogP contribution in [0.5, 0.6) is 0 Å². The highest BCUT2D eigenvalue weighted by atomic mass is 16.1. The number of carbonyl (C=O) groups excluding carboxylic acids is 1. The molecule has 0 saturated carbocycles. The fraction of sp³-hybridized carbons (Fsp3) is 0.389. The van der Waals surface area contributed by atoms with Crippen molar-refractivity contribution in [3.05, 3.63) is 58.7 Å². The maximum absolute atomic E-state index is 12.7. The molecule has 2 unspecified atom stereocenters. The Labute approximate surface area is 115 Å². The van der Waals surface area contributed by atoms with Crippen LogP contribution in [0.1, 0.15) is 33.1 Å². The van der Waals surface area contributed by atoms with Gasteiger partial charge in [-0.05, 0) is 41.9 Å². The van der Waals surface area contributed by atoms with E-state index in [-0.39, 0.29) is 5.92 Å². The van der Waals surface area contributed by atoms with Crippen molar-refractivity contribution < 1.29 is 4.79 Å². The Morgan fingerprint density at radius 2 is 1.79 bits per heavy atom. The lowest BCUT2D eigenvalue weighted by Crippen LogP contribution is -2.17. The Bertz CT molecular complexity index is 566. The van der Waals surface area contributed by atoms with Gasteiger partial charge in [0, 0.05) is 11.5 Å². The molecule has 0 spiro atoms. The van der Waals surface area contributed by atoms with E-state index in [4.69, 9.17) is 0 Å². The number of Topliss-reactive ketones (excluding diaryl/α,β-unsaturated/α-hetero) is 1. The summed E-state index contributed by atoms with van der Waals surface area (Å²) in [6, 6.07) is 0. The average molecular weight is 252 g/mol. The Balaban J connectivity index is 2.15. The van der Waals surface area contributed by atoms with Crippen molar-refractivity contribution in [1.82, 2.24) is 0 Å². The van der Waals surface area contributed by atoms with Crippen LogP contribution in [0.4, 0.5) is 0 Å². The predicted molar refractivity (Wildman–Crippen MR) is 78.7 cm³/mol. The highest BCUT2D eigenvalue weighted by Crippen LogP contribution is 2.45. The molecule has 98 valence electrons. The number of hydrogen-bond donors (Lipinski definition) is 0. The highest BCUT2D eigenvalue weighted by Gasteiger charge is 2.40. The van der Waals surface area contributed by atoms with Crippen molar-refractivity contribution in [2.45, 2.75) is 33.1 Å². The van der Waals surface area contributed by atoms with Crippen LogP contribution in [0.15, 0.2) is 58.7 Å². The molecule has 0 N–H and O–H groups in total. The fourth-order valence-electron chi connectivity index (χ4n) is 3.61. The van der Waals surface area contributed by atoms with E-state index in [0.717, 1.165) is 24.8 Å². The van der Waals surface area contributed by atoms with Gasteiger partial charge in [-0.1, -0.05) is 50.3 Å². The third kappa shape index (κ3) is 1.88. The summed E-state index contributed by atoms with van der Waals surface area (Å²) >= 11 is 0. The molecule has 0 aromatic carbocycles. The number of hydrogen-bond acceptors (Lipinski definition) is 1. The van der Waals surface area contributed by atoms with Crippen molar-refractivity contribution in [2.24, 2.45) is 11.8 Å². The molecule has 3 aliphatic rings. The van der Waals surface area contributed by atoms with Crippen LogP contribution in [0, 0.1) is 11.8 Å². The van der Waals surface area contributed by atoms with Gasteiger partial charge in [-0.15, -0.1) is 0 Å². The van der Waals surface area contributed by atoms with Crippen LogP contribution >= 0.6 is 0 Å². The van der Waals surface area contributed by atoms with Crippen molar-refractivity contribution in [1.29, 1.82) is 0 Å². The van der Waals surface area contributed by atoms with E-state index in [2.05, 4.69) is 50.3 Å². The first-order valence-corrected chi connectivity index (χ1v) is 7.29. The molecule has 0 fully saturated rings. The number of fused-ring (bicyclic) bond motifs is 3. The quantitative estimate of drug-likeness (QED) is 0.716. The molecule has 19 heavy (non-hydrogen) atoms. The molecule has 0 saturated heterocycles. The third-order valence-corrected chi connectivity index (χ3v) is 4.55. The van der Waals surface area contributed by atoms with Crippen LogP contribution in [-0.4, -0.2) is 5.78 Å². The molecule has 1 nitrogen and oxygen atoms in total.